The van der Waals surface area contributed by atoms with E-state index in [1.165, 1.54) is 25.2 Å². The molecule has 82 valence electrons. The fraction of sp³-hybridized carbons (Fsp3) is 0.667. The number of aryl methyl sites for hydroxylation is 1. The molecule has 0 saturated carbocycles. The quantitative estimate of drug-likeness (QED) is 0.847. The third-order valence-corrected chi connectivity index (χ3v) is 2.51. The summed E-state index contributed by atoms with van der Waals surface area (Å²) in [4.78, 5) is 4.30. The first-order chi connectivity index (χ1) is 5.86. The van der Waals surface area contributed by atoms with Crippen LogP contribution in [0.25, 0.3) is 0 Å². The van der Waals surface area contributed by atoms with Gasteiger partial charge in [-0.25, -0.2) is 4.98 Å². The SMILES string of the molecule is Cl.Cl.Cn1ccnc1C[C@H]1CCCN1. The molecule has 5 heteroatoms. The molecule has 1 atom stereocenters. The van der Waals surface area contributed by atoms with Gasteiger partial charge in [-0.15, -0.1) is 24.8 Å². The standard InChI is InChI=1S/C9H15N3.2ClH/c1-12-6-5-11-9(12)7-8-3-2-4-10-8;;/h5-6,8,10H,2-4,7H2,1H3;2*1H/t8-;;/m1../s1. The van der Waals surface area contributed by atoms with Crippen LogP contribution in [0.2, 0.25) is 0 Å². The molecule has 14 heavy (non-hydrogen) atoms. The molecule has 0 radical (unpaired) electrons. The van der Waals surface area contributed by atoms with Gasteiger partial charge in [0.2, 0.25) is 0 Å². The molecule has 2 heterocycles. The second-order valence-corrected chi connectivity index (χ2v) is 3.45. The molecule has 0 spiro atoms. The third kappa shape index (κ3) is 3.15. The Morgan fingerprint density at radius 2 is 2.36 bits per heavy atom. The lowest BCUT2D eigenvalue weighted by Gasteiger charge is -2.08. The average molecular weight is 238 g/mol. The van der Waals surface area contributed by atoms with Crippen LogP contribution in [0, 0.1) is 0 Å². The van der Waals surface area contributed by atoms with E-state index < -0.39 is 0 Å². The van der Waals surface area contributed by atoms with Crippen LogP contribution in [0.15, 0.2) is 12.4 Å². The molecule has 1 aliphatic heterocycles. The van der Waals surface area contributed by atoms with Gasteiger partial charge in [-0.2, -0.15) is 0 Å². The highest BCUT2D eigenvalue weighted by molar-refractivity contribution is 5.85. The lowest BCUT2D eigenvalue weighted by atomic mass is 10.1. The molecular weight excluding hydrogens is 221 g/mol. The van der Waals surface area contributed by atoms with Crippen LogP contribution < -0.4 is 5.32 Å². The van der Waals surface area contributed by atoms with Crippen LogP contribution in [-0.4, -0.2) is 22.1 Å². The van der Waals surface area contributed by atoms with Crippen molar-refractivity contribution in [2.75, 3.05) is 6.54 Å². The summed E-state index contributed by atoms with van der Waals surface area (Å²) in [5, 5.41) is 3.47. The van der Waals surface area contributed by atoms with Crippen molar-refractivity contribution in [1.82, 2.24) is 14.9 Å². The maximum atomic E-state index is 4.30. The number of rotatable bonds is 2. The van der Waals surface area contributed by atoms with Crippen molar-refractivity contribution in [3.05, 3.63) is 18.2 Å². The molecule has 0 unspecified atom stereocenters. The summed E-state index contributed by atoms with van der Waals surface area (Å²) in [5.41, 5.74) is 0. The Kier molecular flexibility index (Phi) is 6.16. The van der Waals surface area contributed by atoms with Crippen LogP contribution in [-0.2, 0) is 13.5 Å². The number of nitrogens with one attached hydrogen (secondary N) is 1. The Morgan fingerprint density at radius 3 is 2.86 bits per heavy atom. The lowest BCUT2D eigenvalue weighted by Crippen LogP contribution is -2.24. The summed E-state index contributed by atoms with van der Waals surface area (Å²) < 4.78 is 2.10. The molecule has 0 aromatic carbocycles. The van der Waals surface area contributed by atoms with Gasteiger partial charge in [0.15, 0.2) is 0 Å². The maximum absolute atomic E-state index is 4.30. The number of halogens is 2. The van der Waals surface area contributed by atoms with Gasteiger partial charge in [0.25, 0.3) is 0 Å². The molecule has 0 amide bonds. The third-order valence-electron chi connectivity index (χ3n) is 2.51. The van der Waals surface area contributed by atoms with E-state index in [2.05, 4.69) is 21.9 Å². The maximum Gasteiger partial charge on any atom is 0.109 e. The number of hydrogen-bond donors (Lipinski definition) is 1. The summed E-state index contributed by atoms with van der Waals surface area (Å²) in [7, 11) is 2.05. The second kappa shape index (κ2) is 6.27. The van der Waals surface area contributed by atoms with Crippen molar-refractivity contribution < 1.29 is 0 Å². The van der Waals surface area contributed by atoms with Gasteiger partial charge in [-0.05, 0) is 19.4 Å². The molecule has 1 aromatic heterocycles. The predicted molar refractivity (Wildman–Crippen MR) is 62.4 cm³/mol. The van der Waals surface area contributed by atoms with Crippen LogP contribution >= 0.6 is 24.8 Å². The zero-order chi connectivity index (χ0) is 8.39. The van der Waals surface area contributed by atoms with Gasteiger partial charge in [-0.1, -0.05) is 0 Å². The van der Waals surface area contributed by atoms with Crippen LogP contribution in [0.1, 0.15) is 18.7 Å². The lowest BCUT2D eigenvalue weighted by molar-refractivity contribution is 0.573. The van der Waals surface area contributed by atoms with Gasteiger partial charge < -0.3 is 9.88 Å². The Morgan fingerprint density at radius 1 is 1.57 bits per heavy atom. The van der Waals surface area contributed by atoms with Crippen molar-refractivity contribution in [1.29, 1.82) is 0 Å². The first-order valence-corrected chi connectivity index (χ1v) is 4.56. The monoisotopic (exact) mass is 237 g/mol. The highest BCUT2D eigenvalue weighted by Gasteiger charge is 2.15. The number of hydrogen-bond acceptors (Lipinski definition) is 2. The van der Waals surface area contributed by atoms with E-state index in [4.69, 9.17) is 0 Å². The Bertz CT molecular complexity index is 256. The van der Waals surface area contributed by atoms with Crippen molar-refractivity contribution in [3.63, 3.8) is 0 Å². The van der Waals surface area contributed by atoms with Crippen LogP contribution in [0.3, 0.4) is 0 Å². The molecule has 3 nitrogen and oxygen atoms in total. The minimum absolute atomic E-state index is 0. The predicted octanol–water partition coefficient (Wildman–Crippen LogP) is 1.56. The Hall–Kier alpha value is -0.250. The van der Waals surface area contributed by atoms with Crippen LogP contribution in [0.4, 0.5) is 0 Å². The fourth-order valence-corrected chi connectivity index (χ4v) is 1.74. The molecule has 1 aromatic rings. The molecule has 0 bridgehead atoms. The minimum atomic E-state index is 0. The Labute approximate surface area is 97.1 Å². The van der Waals surface area contributed by atoms with E-state index in [1.54, 1.807) is 0 Å². The normalized spacial score (nSPS) is 19.9. The van der Waals surface area contributed by atoms with E-state index in [-0.39, 0.29) is 24.8 Å². The number of nitrogens with zero attached hydrogens (tertiary/aromatic N) is 2. The topological polar surface area (TPSA) is 29.9 Å². The molecule has 1 aliphatic rings. The van der Waals surface area contributed by atoms with Crippen molar-refractivity contribution in [2.24, 2.45) is 7.05 Å². The molecular formula is C9H17Cl2N3. The highest BCUT2D eigenvalue weighted by atomic mass is 35.5. The van der Waals surface area contributed by atoms with Gasteiger partial charge in [0, 0.05) is 31.9 Å². The van der Waals surface area contributed by atoms with Gasteiger partial charge in [0.05, 0.1) is 0 Å². The average Bonchev–Trinajstić information content (AvgIpc) is 2.65. The molecule has 2 rings (SSSR count). The second-order valence-electron chi connectivity index (χ2n) is 3.45. The molecule has 1 fully saturated rings. The van der Waals surface area contributed by atoms with Crippen molar-refractivity contribution in [3.8, 4) is 0 Å². The van der Waals surface area contributed by atoms with E-state index in [0.29, 0.717) is 6.04 Å². The van der Waals surface area contributed by atoms with E-state index in [9.17, 15) is 0 Å². The zero-order valence-electron chi connectivity index (χ0n) is 8.27. The van der Waals surface area contributed by atoms with Crippen molar-refractivity contribution in [2.45, 2.75) is 25.3 Å². The van der Waals surface area contributed by atoms with Crippen molar-refractivity contribution >= 4 is 24.8 Å². The zero-order valence-corrected chi connectivity index (χ0v) is 9.90. The largest absolute Gasteiger partial charge is 0.338 e. The summed E-state index contributed by atoms with van der Waals surface area (Å²) in [6.07, 6.45) is 7.56. The summed E-state index contributed by atoms with van der Waals surface area (Å²) in [5.74, 6) is 1.19. The highest BCUT2D eigenvalue weighted by Crippen LogP contribution is 2.09. The Balaban J connectivity index is 0.000000845. The van der Waals surface area contributed by atoms with Crippen LogP contribution in [0.5, 0.6) is 0 Å². The summed E-state index contributed by atoms with van der Waals surface area (Å²) in [6, 6.07) is 0.658. The molecule has 1 saturated heterocycles. The number of imidazole rings is 1. The minimum Gasteiger partial charge on any atom is -0.338 e. The first kappa shape index (κ1) is 13.8. The van der Waals surface area contributed by atoms with Gasteiger partial charge in [-0.3, -0.25) is 0 Å². The number of aromatic nitrogens is 2. The summed E-state index contributed by atoms with van der Waals surface area (Å²) >= 11 is 0. The van der Waals surface area contributed by atoms with Gasteiger partial charge >= 0.3 is 0 Å². The van der Waals surface area contributed by atoms with E-state index in [1.807, 2.05) is 12.4 Å². The summed E-state index contributed by atoms with van der Waals surface area (Å²) in [6.45, 7) is 1.18. The molecule has 1 N–H and O–H groups in total. The van der Waals surface area contributed by atoms with E-state index >= 15 is 0 Å². The van der Waals surface area contributed by atoms with E-state index in [0.717, 1.165) is 6.42 Å². The smallest absolute Gasteiger partial charge is 0.109 e. The first-order valence-electron chi connectivity index (χ1n) is 4.56. The molecule has 0 aliphatic carbocycles. The fourth-order valence-electron chi connectivity index (χ4n) is 1.74. The van der Waals surface area contributed by atoms with Gasteiger partial charge in [0.1, 0.15) is 5.82 Å².